The minimum Gasteiger partial charge on any atom is -0.352 e. The second-order valence-electron chi connectivity index (χ2n) is 7.33. The number of hydrogen-bond acceptors (Lipinski definition) is 4. The Morgan fingerprint density at radius 1 is 0.781 bits per heavy atom. The fourth-order valence-electron chi connectivity index (χ4n) is 3.53. The maximum Gasteiger partial charge on any atom is 0.261 e. The molecule has 0 saturated heterocycles. The predicted molar refractivity (Wildman–Crippen MR) is 119 cm³/mol. The monoisotopic (exact) mass is 427 g/mol. The lowest BCUT2D eigenvalue weighted by atomic mass is 10.1. The van der Waals surface area contributed by atoms with Crippen LogP contribution in [0.15, 0.2) is 72.8 Å². The van der Waals surface area contributed by atoms with Crippen LogP contribution in [0.25, 0.3) is 0 Å². The van der Waals surface area contributed by atoms with Crippen molar-refractivity contribution in [3.05, 3.63) is 101 Å². The number of anilines is 1. The van der Waals surface area contributed by atoms with E-state index < -0.39 is 0 Å². The van der Waals surface area contributed by atoms with Crippen molar-refractivity contribution in [3.8, 4) is 0 Å². The number of imide groups is 1. The zero-order valence-electron chi connectivity index (χ0n) is 17.4. The van der Waals surface area contributed by atoms with Crippen LogP contribution in [0, 0.1) is 0 Å². The molecule has 0 spiro atoms. The molecule has 0 aliphatic carbocycles. The number of rotatable bonds is 6. The first-order chi connectivity index (χ1) is 15.5. The van der Waals surface area contributed by atoms with Gasteiger partial charge in [-0.2, -0.15) is 0 Å². The Bertz CT molecular complexity index is 1180. The van der Waals surface area contributed by atoms with E-state index in [9.17, 15) is 19.2 Å². The topological polar surface area (TPSA) is 95.6 Å². The minimum absolute atomic E-state index is 0.128. The molecule has 0 radical (unpaired) electrons. The van der Waals surface area contributed by atoms with Gasteiger partial charge in [-0.15, -0.1) is 0 Å². The normalized spacial score (nSPS) is 12.5. The lowest BCUT2D eigenvalue weighted by Gasteiger charge is -2.14. The fourth-order valence-corrected chi connectivity index (χ4v) is 3.53. The number of carbonyl (C=O) groups excluding carboxylic acids is 4. The lowest BCUT2D eigenvalue weighted by Crippen LogP contribution is -2.29. The molecule has 4 rings (SSSR count). The maximum absolute atomic E-state index is 12.6. The molecule has 3 aromatic rings. The molecule has 0 fully saturated rings. The summed E-state index contributed by atoms with van der Waals surface area (Å²) in [7, 11) is 0. The van der Waals surface area contributed by atoms with Crippen molar-refractivity contribution in [1.82, 2.24) is 10.2 Å². The van der Waals surface area contributed by atoms with Crippen molar-refractivity contribution in [1.29, 1.82) is 0 Å². The van der Waals surface area contributed by atoms with E-state index in [2.05, 4.69) is 10.6 Å². The zero-order chi connectivity index (χ0) is 22.7. The molecule has 0 unspecified atom stereocenters. The number of benzene rings is 3. The molecule has 0 atom stereocenters. The van der Waals surface area contributed by atoms with Crippen molar-refractivity contribution in [2.24, 2.45) is 0 Å². The van der Waals surface area contributed by atoms with Crippen LogP contribution in [0.4, 0.5) is 5.69 Å². The van der Waals surface area contributed by atoms with Gasteiger partial charge in [0, 0.05) is 23.4 Å². The Hall–Kier alpha value is -4.26. The molecular weight excluding hydrogens is 406 g/mol. The standard InChI is InChI=1S/C25H21N3O4/c1-2-26-22(29)18-6-5-7-19(14-18)27-23(30)17-12-10-16(11-13-17)15-28-24(31)20-8-3-4-9-21(20)25(28)32/h3-14H,2,15H2,1H3,(H,26,29)(H,27,30). The Balaban J connectivity index is 1.43. The summed E-state index contributed by atoms with van der Waals surface area (Å²) >= 11 is 0. The molecule has 2 N–H and O–H groups in total. The molecule has 3 aromatic carbocycles. The molecule has 1 aliphatic rings. The number of hydrogen-bond donors (Lipinski definition) is 2. The Morgan fingerprint density at radius 3 is 2.06 bits per heavy atom. The SMILES string of the molecule is CCNC(=O)c1cccc(NC(=O)c2ccc(CN3C(=O)c4ccccc4C3=O)cc2)c1. The highest BCUT2D eigenvalue weighted by Crippen LogP contribution is 2.24. The van der Waals surface area contributed by atoms with E-state index in [0.29, 0.717) is 34.5 Å². The summed E-state index contributed by atoms with van der Waals surface area (Å²) in [4.78, 5) is 50.8. The van der Waals surface area contributed by atoms with Gasteiger partial charge < -0.3 is 10.6 Å². The molecule has 0 saturated carbocycles. The van der Waals surface area contributed by atoms with Crippen molar-refractivity contribution < 1.29 is 19.2 Å². The number of fused-ring (bicyclic) bond motifs is 1. The second-order valence-corrected chi connectivity index (χ2v) is 7.33. The highest BCUT2D eigenvalue weighted by Gasteiger charge is 2.34. The first kappa shape index (κ1) is 21.0. The second kappa shape index (κ2) is 8.85. The van der Waals surface area contributed by atoms with Crippen LogP contribution in [0.2, 0.25) is 0 Å². The van der Waals surface area contributed by atoms with E-state index >= 15 is 0 Å². The third kappa shape index (κ3) is 4.13. The zero-order valence-corrected chi connectivity index (χ0v) is 17.4. The molecule has 32 heavy (non-hydrogen) atoms. The lowest BCUT2D eigenvalue weighted by molar-refractivity contribution is 0.0641. The Kier molecular flexibility index (Phi) is 5.81. The molecule has 7 heteroatoms. The van der Waals surface area contributed by atoms with Crippen LogP contribution in [0.3, 0.4) is 0 Å². The van der Waals surface area contributed by atoms with E-state index in [-0.39, 0.29) is 30.2 Å². The molecule has 1 aliphatic heterocycles. The fraction of sp³-hybridized carbons (Fsp3) is 0.120. The molecule has 7 nitrogen and oxygen atoms in total. The quantitative estimate of drug-likeness (QED) is 0.589. The van der Waals surface area contributed by atoms with Gasteiger partial charge in [0.15, 0.2) is 0 Å². The van der Waals surface area contributed by atoms with E-state index in [1.54, 1.807) is 72.8 Å². The number of amides is 4. The summed E-state index contributed by atoms with van der Waals surface area (Å²) in [5.74, 6) is -1.18. The number of nitrogens with zero attached hydrogens (tertiary/aromatic N) is 1. The smallest absolute Gasteiger partial charge is 0.261 e. The summed E-state index contributed by atoms with van der Waals surface area (Å²) in [5, 5.41) is 5.49. The van der Waals surface area contributed by atoms with Crippen molar-refractivity contribution >= 4 is 29.3 Å². The maximum atomic E-state index is 12.6. The molecular formula is C25H21N3O4. The van der Waals surface area contributed by atoms with Crippen LogP contribution in [-0.2, 0) is 6.54 Å². The molecule has 0 bridgehead atoms. The average Bonchev–Trinajstić information content (AvgIpc) is 3.05. The van der Waals surface area contributed by atoms with Gasteiger partial charge in [0.1, 0.15) is 0 Å². The Labute approximate surface area is 185 Å². The van der Waals surface area contributed by atoms with Gasteiger partial charge in [-0.05, 0) is 55.0 Å². The van der Waals surface area contributed by atoms with E-state index in [4.69, 9.17) is 0 Å². The largest absolute Gasteiger partial charge is 0.352 e. The van der Waals surface area contributed by atoms with E-state index in [0.717, 1.165) is 5.56 Å². The summed E-state index contributed by atoms with van der Waals surface area (Å²) in [5.41, 5.74) is 2.93. The van der Waals surface area contributed by atoms with Gasteiger partial charge >= 0.3 is 0 Å². The van der Waals surface area contributed by atoms with Crippen molar-refractivity contribution in [3.63, 3.8) is 0 Å². The molecule has 160 valence electrons. The van der Waals surface area contributed by atoms with E-state index in [1.807, 2.05) is 6.92 Å². The predicted octanol–water partition coefficient (Wildman–Crippen LogP) is 3.48. The van der Waals surface area contributed by atoms with Gasteiger partial charge in [0.2, 0.25) is 0 Å². The molecule has 0 aromatic heterocycles. The van der Waals surface area contributed by atoms with E-state index in [1.165, 1.54) is 4.90 Å². The summed E-state index contributed by atoms with van der Waals surface area (Å²) in [6, 6.07) is 20.1. The first-order valence-electron chi connectivity index (χ1n) is 10.2. The van der Waals surface area contributed by atoms with Crippen LogP contribution in [0.1, 0.15) is 53.9 Å². The molecule has 1 heterocycles. The van der Waals surface area contributed by atoms with Gasteiger partial charge in [0.05, 0.1) is 17.7 Å². The van der Waals surface area contributed by atoms with Crippen LogP contribution >= 0.6 is 0 Å². The Morgan fingerprint density at radius 2 is 1.44 bits per heavy atom. The van der Waals surface area contributed by atoms with Gasteiger partial charge in [0.25, 0.3) is 23.6 Å². The third-order valence-electron chi connectivity index (χ3n) is 5.15. The average molecular weight is 427 g/mol. The van der Waals surface area contributed by atoms with Crippen LogP contribution in [-0.4, -0.2) is 35.1 Å². The summed E-state index contributed by atoms with van der Waals surface area (Å²) in [6.45, 7) is 2.48. The highest BCUT2D eigenvalue weighted by molar-refractivity contribution is 6.21. The van der Waals surface area contributed by atoms with Crippen LogP contribution in [0.5, 0.6) is 0 Å². The first-order valence-corrected chi connectivity index (χ1v) is 10.2. The van der Waals surface area contributed by atoms with Gasteiger partial charge in [-0.3, -0.25) is 24.1 Å². The van der Waals surface area contributed by atoms with Gasteiger partial charge in [-0.25, -0.2) is 0 Å². The van der Waals surface area contributed by atoms with Crippen molar-refractivity contribution in [2.75, 3.05) is 11.9 Å². The summed E-state index contributed by atoms with van der Waals surface area (Å²) in [6.07, 6.45) is 0. The molecule has 4 amide bonds. The van der Waals surface area contributed by atoms with Crippen molar-refractivity contribution in [2.45, 2.75) is 13.5 Å². The third-order valence-corrected chi connectivity index (χ3v) is 5.15. The van der Waals surface area contributed by atoms with Crippen LogP contribution < -0.4 is 10.6 Å². The van der Waals surface area contributed by atoms with Gasteiger partial charge in [-0.1, -0.05) is 30.3 Å². The number of carbonyl (C=O) groups is 4. The summed E-state index contributed by atoms with van der Waals surface area (Å²) < 4.78 is 0. The highest BCUT2D eigenvalue weighted by atomic mass is 16.2. The minimum atomic E-state index is -0.328. The number of nitrogens with one attached hydrogen (secondary N) is 2.